The summed E-state index contributed by atoms with van der Waals surface area (Å²) in [5, 5.41) is 8.95. The van der Waals surface area contributed by atoms with Gasteiger partial charge >= 0.3 is 6.18 Å². The van der Waals surface area contributed by atoms with E-state index in [9.17, 15) is 18.0 Å². The van der Waals surface area contributed by atoms with Crippen LogP contribution in [0.3, 0.4) is 0 Å². The van der Waals surface area contributed by atoms with Crippen LogP contribution in [-0.4, -0.2) is 34.5 Å². The summed E-state index contributed by atoms with van der Waals surface area (Å²) in [6.07, 6.45) is -3.14. The maximum atomic E-state index is 12.3. The zero-order valence-electron chi connectivity index (χ0n) is 10.1. The second-order valence-corrected chi connectivity index (χ2v) is 4.14. The molecule has 19 heavy (non-hydrogen) atoms. The van der Waals surface area contributed by atoms with Crippen molar-refractivity contribution in [2.24, 2.45) is 0 Å². The summed E-state index contributed by atoms with van der Waals surface area (Å²) in [7, 11) is 0. The highest BCUT2D eigenvalue weighted by molar-refractivity contribution is 5.95. The first kappa shape index (κ1) is 15.8. The SMILES string of the molecule is CC(NC(=O)c1cnn2c1CNCC2)C(F)(F)F.Cl. The van der Waals surface area contributed by atoms with E-state index >= 15 is 0 Å². The number of amides is 1. The zero-order chi connectivity index (χ0) is 13.3. The topological polar surface area (TPSA) is 59.0 Å². The molecule has 1 amide bonds. The Labute approximate surface area is 113 Å². The van der Waals surface area contributed by atoms with Gasteiger partial charge in [0.1, 0.15) is 6.04 Å². The van der Waals surface area contributed by atoms with E-state index < -0.39 is 18.1 Å². The molecule has 5 nitrogen and oxygen atoms in total. The molecule has 0 saturated heterocycles. The van der Waals surface area contributed by atoms with Gasteiger partial charge in [-0.15, -0.1) is 12.4 Å². The van der Waals surface area contributed by atoms with Gasteiger partial charge in [-0.1, -0.05) is 0 Å². The van der Waals surface area contributed by atoms with Crippen LogP contribution in [-0.2, 0) is 13.1 Å². The summed E-state index contributed by atoms with van der Waals surface area (Å²) >= 11 is 0. The number of hydrogen-bond acceptors (Lipinski definition) is 3. The van der Waals surface area contributed by atoms with Crippen LogP contribution >= 0.6 is 12.4 Å². The van der Waals surface area contributed by atoms with Crippen LogP contribution in [0.4, 0.5) is 13.2 Å². The molecular formula is C10H14ClF3N4O. The lowest BCUT2D eigenvalue weighted by atomic mass is 10.2. The molecule has 2 heterocycles. The van der Waals surface area contributed by atoms with Gasteiger partial charge in [-0.25, -0.2) is 0 Å². The van der Waals surface area contributed by atoms with Crippen molar-refractivity contribution in [3.63, 3.8) is 0 Å². The number of carbonyl (C=O) groups excluding carboxylic acids is 1. The van der Waals surface area contributed by atoms with Gasteiger partial charge in [0.15, 0.2) is 0 Å². The quantitative estimate of drug-likeness (QED) is 0.859. The number of halogens is 4. The third-order valence-corrected chi connectivity index (χ3v) is 2.82. The van der Waals surface area contributed by atoms with E-state index in [4.69, 9.17) is 0 Å². The Morgan fingerprint density at radius 1 is 1.58 bits per heavy atom. The monoisotopic (exact) mass is 298 g/mol. The van der Waals surface area contributed by atoms with Gasteiger partial charge < -0.3 is 10.6 Å². The van der Waals surface area contributed by atoms with Crippen LogP contribution in [0, 0.1) is 0 Å². The highest BCUT2D eigenvalue weighted by Crippen LogP contribution is 2.20. The Balaban J connectivity index is 0.00000180. The van der Waals surface area contributed by atoms with E-state index in [0.29, 0.717) is 18.8 Å². The number of nitrogens with one attached hydrogen (secondary N) is 2. The normalized spacial score (nSPS) is 16.2. The van der Waals surface area contributed by atoms with Crippen LogP contribution in [0.5, 0.6) is 0 Å². The van der Waals surface area contributed by atoms with Crippen molar-refractivity contribution in [1.82, 2.24) is 20.4 Å². The Hall–Kier alpha value is -1.28. The molecule has 9 heteroatoms. The number of rotatable bonds is 2. The van der Waals surface area contributed by atoms with Crippen LogP contribution < -0.4 is 10.6 Å². The predicted octanol–water partition coefficient (Wildman–Crippen LogP) is 1.09. The highest BCUT2D eigenvalue weighted by Gasteiger charge is 2.37. The highest BCUT2D eigenvalue weighted by atomic mass is 35.5. The average Bonchev–Trinajstić information content (AvgIpc) is 2.71. The minimum atomic E-state index is -4.44. The largest absolute Gasteiger partial charge is 0.408 e. The number of carbonyl (C=O) groups is 1. The molecule has 108 valence electrons. The fourth-order valence-corrected chi connectivity index (χ4v) is 1.73. The van der Waals surface area contributed by atoms with Crippen LogP contribution in [0.25, 0.3) is 0 Å². The molecule has 1 unspecified atom stereocenters. The summed E-state index contributed by atoms with van der Waals surface area (Å²) < 4.78 is 38.7. The fraction of sp³-hybridized carbons (Fsp3) is 0.600. The van der Waals surface area contributed by atoms with E-state index in [-0.39, 0.29) is 18.0 Å². The van der Waals surface area contributed by atoms with Crippen molar-refractivity contribution in [2.45, 2.75) is 32.2 Å². The second-order valence-electron chi connectivity index (χ2n) is 4.14. The van der Waals surface area contributed by atoms with Gasteiger partial charge in [0.2, 0.25) is 0 Å². The van der Waals surface area contributed by atoms with E-state index in [0.717, 1.165) is 13.5 Å². The van der Waals surface area contributed by atoms with Crippen LogP contribution in [0.1, 0.15) is 23.0 Å². The second kappa shape index (κ2) is 5.79. The Morgan fingerprint density at radius 3 is 2.89 bits per heavy atom. The molecule has 0 bridgehead atoms. The van der Waals surface area contributed by atoms with E-state index in [1.807, 2.05) is 5.32 Å². The first-order valence-corrected chi connectivity index (χ1v) is 5.52. The molecule has 0 spiro atoms. The third kappa shape index (κ3) is 3.38. The van der Waals surface area contributed by atoms with Crippen molar-refractivity contribution < 1.29 is 18.0 Å². The molecule has 1 aromatic rings. The minimum Gasteiger partial charge on any atom is -0.340 e. The lowest BCUT2D eigenvalue weighted by Gasteiger charge is -2.19. The van der Waals surface area contributed by atoms with Crippen LogP contribution in [0.15, 0.2) is 6.20 Å². The molecule has 0 aromatic carbocycles. The number of nitrogens with zero attached hydrogens (tertiary/aromatic N) is 2. The van der Waals surface area contributed by atoms with Crippen molar-refractivity contribution >= 4 is 18.3 Å². The summed E-state index contributed by atoms with van der Waals surface area (Å²) in [6.45, 7) is 2.68. The Kier molecular flexibility index (Phi) is 4.81. The number of alkyl halides is 3. The number of aromatic nitrogens is 2. The van der Waals surface area contributed by atoms with Gasteiger partial charge in [-0.05, 0) is 6.92 Å². The first-order valence-electron chi connectivity index (χ1n) is 5.52. The van der Waals surface area contributed by atoms with Gasteiger partial charge in [0.05, 0.1) is 24.0 Å². The summed E-state index contributed by atoms with van der Waals surface area (Å²) in [4.78, 5) is 11.7. The summed E-state index contributed by atoms with van der Waals surface area (Å²) in [6, 6.07) is -1.88. The minimum absolute atomic E-state index is 0. The fourth-order valence-electron chi connectivity index (χ4n) is 1.73. The Morgan fingerprint density at radius 2 is 2.26 bits per heavy atom. The molecular weight excluding hydrogens is 285 g/mol. The molecule has 1 aromatic heterocycles. The molecule has 2 N–H and O–H groups in total. The number of hydrogen-bond donors (Lipinski definition) is 2. The van der Waals surface area contributed by atoms with Crippen molar-refractivity contribution in [2.75, 3.05) is 6.54 Å². The zero-order valence-corrected chi connectivity index (χ0v) is 10.9. The summed E-state index contributed by atoms with van der Waals surface area (Å²) in [5.41, 5.74) is 0.812. The third-order valence-electron chi connectivity index (χ3n) is 2.82. The van der Waals surface area contributed by atoms with Gasteiger partial charge in [0.25, 0.3) is 5.91 Å². The molecule has 1 atom stereocenters. The molecule has 0 fully saturated rings. The predicted molar refractivity (Wildman–Crippen MR) is 64.2 cm³/mol. The standard InChI is InChI=1S/C10H13F3N4O.ClH/c1-6(10(11,12)13)16-9(18)7-4-15-17-3-2-14-5-8(7)17;/h4,6,14H,2-3,5H2,1H3,(H,16,18);1H. The lowest BCUT2D eigenvalue weighted by Crippen LogP contribution is -2.43. The van der Waals surface area contributed by atoms with E-state index in [2.05, 4.69) is 10.4 Å². The van der Waals surface area contributed by atoms with E-state index in [1.165, 1.54) is 6.20 Å². The molecule has 0 saturated carbocycles. The van der Waals surface area contributed by atoms with Gasteiger partial charge in [-0.3, -0.25) is 9.48 Å². The molecule has 1 aliphatic rings. The number of fused-ring (bicyclic) bond motifs is 1. The summed E-state index contributed by atoms with van der Waals surface area (Å²) in [5.74, 6) is -0.746. The smallest absolute Gasteiger partial charge is 0.340 e. The van der Waals surface area contributed by atoms with Gasteiger partial charge in [0, 0.05) is 13.1 Å². The van der Waals surface area contributed by atoms with Crippen LogP contribution in [0.2, 0.25) is 0 Å². The Bertz CT molecular complexity index is 460. The molecule has 0 radical (unpaired) electrons. The molecule has 0 aliphatic carbocycles. The van der Waals surface area contributed by atoms with Gasteiger partial charge in [-0.2, -0.15) is 18.3 Å². The van der Waals surface area contributed by atoms with Crippen molar-refractivity contribution in [3.8, 4) is 0 Å². The first-order chi connectivity index (χ1) is 8.39. The van der Waals surface area contributed by atoms with Crippen molar-refractivity contribution in [3.05, 3.63) is 17.5 Å². The maximum Gasteiger partial charge on any atom is 0.408 e. The van der Waals surface area contributed by atoms with Crippen molar-refractivity contribution in [1.29, 1.82) is 0 Å². The lowest BCUT2D eigenvalue weighted by molar-refractivity contribution is -0.149. The van der Waals surface area contributed by atoms with E-state index in [1.54, 1.807) is 4.68 Å². The maximum absolute atomic E-state index is 12.3. The molecule has 1 aliphatic heterocycles. The molecule has 2 rings (SSSR count). The average molecular weight is 299 g/mol.